The molecule has 2 rings (SSSR count). The first-order chi connectivity index (χ1) is 10.9. The van der Waals surface area contributed by atoms with Crippen LogP contribution in [0.3, 0.4) is 0 Å². The van der Waals surface area contributed by atoms with Crippen molar-refractivity contribution in [1.82, 2.24) is 4.90 Å². The van der Waals surface area contributed by atoms with Gasteiger partial charge in [0.1, 0.15) is 5.56 Å². The van der Waals surface area contributed by atoms with Crippen LogP contribution < -0.4 is 0 Å². The molecule has 0 aromatic heterocycles. The number of halogens is 1. The fraction of sp³-hybridized carbons (Fsp3) is 0.467. The lowest BCUT2D eigenvalue weighted by Crippen LogP contribution is -2.40. The summed E-state index contributed by atoms with van der Waals surface area (Å²) < 4.78 is 4.92. The molecule has 23 heavy (non-hydrogen) atoms. The molecule has 1 heterocycles. The molecule has 1 aliphatic heterocycles. The molecule has 1 amide bonds. The molecular weight excluding hydrogens is 324 g/mol. The Morgan fingerprint density at radius 1 is 1.39 bits per heavy atom. The SMILES string of the molecule is CC1CCN(C(=O)COC(=O)c2ccc(Cl)cc2[N+](=O)[O-])CC1. The van der Waals surface area contributed by atoms with Crippen LogP contribution in [0.5, 0.6) is 0 Å². The molecule has 0 bridgehead atoms. The fourth-order valence-electron chi connectivity index (χ4n) is 2.38. The molecule has 0 N–H and O–H groups in total. The molecule has 7 nitrogen and oxygen atoms in total. The summed E-state index contributed by atoms with van der Waals surface area (Å²) in [6, 6.07) is 3.65. The highest BCUT2D eigenvalue weighted by Gasteiger charge is 2.25. The third-order valence-electron chi connectivity index (χ3n) is 3.84. The number of nitrogens with zero attached hydrogens (tertiary/aromatic N) is 2. The first-order valence-corrected chi connectivity index (χ1v) is 7.65. The number of hydrogen-bond acceptors (Lipinski definition) is 5. The fourth-order valence-corrected chi connectivity index (χ4v) is 2.55. The molecule has 1 aromatic rings. The van der Waals surface area contributed by atoms with Crippen LogP contribution in [0.4, 0.5) is 5.69 Å². The lowest BCUT2D eigenvalue weighted by molar-refractivity contribution is -0.385. The zero-order valence-electron chi connectivity index (χ0n) is 12.7. The lowest BCUT2D eigenvalue weighted by Gasteiger charge is -2.30. The lowest BCUT2D eigenvalue weighted by atomic mass is 9.99. The number of benzene rings is 1. The van der Waals surface area contributed by atoms with E-state index in [9.17, 15) is 19.7 Å². The van der Waals surface area contributed by atoms with Crippen LogP contribution in [-0.2, 0) is 9.53 Å². The maximum Gasteiger partial charge on any atom is 0.345 e. The Balaban J connectivity index is 1.97. The second kappa shape index (κ2) is 7.41. The molecule has 124 valence electrons. The van der Waals surface area contributed by atoms with Gasteiger partial charge in [-0.05, 0) is 30.9 Å². The van der Waals surface area contributed by atoms with Crippen LogP contribution in [0.15, 0.2) is 18.2 Å². The van der Waals surface area contributed by atoms with Gasteiger partial charge >= 0.3 is 5.97 Å². The van der Waals surface area contributed by atoms with E-state index in [2.05, 4.69) is 6.92 Å². The Bertz CT molecular complexity index is 626. The van der Waals surface area contributed by atoms with Gasteiger partial charge in [0, 0.05) is 24.2 Å². The smallest absolute Gasteiger partial charge is 0.345 e. The van der Waals surface area contributed by atoms with E-state index in [0.717, 1.165) is 18.9 Å². The zero-order chi connectivity index (χ0) is 17.0. The first-order valence-electron chi connectivity index (χ1n) is 7.27. The van der Waals surface area contributed by atoms with Gasteiger partial charge in [-0.25, -0.2) is 4.79 Å². The zero-order valence-corrected chi connectivity index (χ0v) is 13.4. The van der Waals surface area contributed by atoms with Crippen molar-refractivity contribution in [3.63, 3.8) is 0 Å². The predicted molar refractivity (Wildman–Crippen MR) is 83.4 cm³/mol. The Morgan fingerprint density at radius 3 is 2.65 bits per heavy atom. The Morgan fingerprint density at radius 2 is 2.04 bits per heavy atom. The van der Waals surface area contributed by atoms with E-state index < -0.39 is 23.2 Å². The Kier molecular flexibility index (Phi) is 5.54. The topological polar surface area (TPSA) is 89.8 Å². The number of carbonyl (C=O) groups is 2. The number of hydrogen-bond donors (Lipinski definition) is 0. The van der Waals surface area contributed by atoms with Gasteiger partial charge in [-0.3, -0.25) is 14.9 Å². The van der Waals surface area contributed by atoms with E-state index in [-0.39, 0.29) is 16.5 Å². The highest BCUT2D eigenvalue weighted by Crippen LogP contribution is 2.24. The summed E-state index contributed by atoms with van der Waals surface area (Å²) in [6.07, 6.45) is 1.84. The van der Waals surface area contributed by atoms with Crippen molar-refractivity contribution < 1.29 is 19.2 Å². The monoisotopic (exact) mass is 340 g/mol. The summed E-state index contributed by atoms with van der Waals surface area (Å²) in [5.41, 5.74) is -0.666. The molecule has 1 saturated heterocycles. The molecule has 0 aliphatic carbocycles. The number of nitro benzene ring substituents is 1. The third kappa shape index (κ3) is 4.41. The predicted octanol–water partition coefficient (Wildman–Crippen LogP) is 2.66. The van der Waals surface area contributed by atoms with Gasteiger partial charge in [-0.1, -0.05) is 18.5 Å². The van der Waals surface area contributed by atoms with E-state index in [4.69, 9.17) is 16.3 Å². The summed E-state index contributed by atoms with van der Waals surface area (Å²) in [4.78, 5) is 35.9. The van der Waals surface area contributed by atoms with Crippen molar-refractivity contribution in [2.24, 2.45) is 5.92 Å². The van der Waals surface area contributed by atoms with Gasteiger partial charge in [-0.15, -0.1) is 0 Å². The third-order valence-corrected chi connectivity index (χ3v) is 4.07. The van der Waals surface area contributed by atoms with Crippen LogP contribution in [0, 0.1) is 16.0 Å². The van der Waals surface area contributed by atoms with E-state index in [1.807, 2.05) is 0 Å². The van der Waals surface area contributed by atoms with Crippen molar-refractivity contribution in [3.05, 3.63) is 38.9 Å². The Hall–Kier alpha value is -2.15. The van der Waals surface area contributed by atoms with Crippen molar-refractivity contribution in [3.8, 4) is 0 Å². The second-order valence-corrected chi connectivity index (χ2v) is 5.99. The van der Waals surface area contributed by atoms with Gasteiger partial charge in [-0.2, -0.15) is 0 Å². The number of nitro groups is 1. The summed E-state index contributed by atoms with van der Waals surface area (Å²) in [5.74, 6) is -0.618. The summed E-state index contributed by atoms with van der Waals surface area (Å²) >= 11 is 5.69. The number of ether oxygens (including phenoxy) is 1. The molecule has 1 aliphatic rings. The quantitative estimate of drug-likeness (QED) is 0.477. The normalized spacial score (nSPS) is 15.3. The molecular formula is C15H17ClN2O5. The average Bonchev–Trinajstić information content (AvgIpc) is 2.52. The average molecular weight is 341 g/mol. The minimum Gasteiger partial charge on any atom is -0.452 e. The molecule has 0 radical (unpaired) electrons. The van der Waals surface area contributed by atoms with Gasteiger partial charge in [0.25, 0.3) is 11.6 Å². The molecule has 0 spiro atoms. The minimum absolute atomic E-state index is 0.145. The van der Waals surface area contributed by atoms with E-state index in [1.54, 1.807) is 4.90 Å². The van der Waals surface area contributed by atoms with Crippen LogP contribution >= 0.6 is 11.6 Å². The molecule has 1 fully saturated rings. The van der Waals surface area contributed by atoms with Crippen molar-refractivity contribution in [1.29, 1.82) is 0 Å². The van der Waals surface area contributed by atoms with Gasteiger partial charge in [0.15, 0.2) is 6.61 Å². The van der Waals surface area contributed by atoms with Crippen LogP contribution in [0.25, 0.3) is 0 Å². The standard InChI is InChI=1S/C15H17ClN2O5/c1-10-4-6-17(7-5-10)14(19)9-23-15(20)12-3-2-11(16)8-13(12)18(21)22/h2-3,8,10H,4-7,9H2,1H3. The molecule has 1 aromatic carbocycles. The van der Waals surface area contributed by atoms with Crippen molar-refractivity contribution in [2.75, 3.05) is 19.7 Å². The van der Waals surface area contributed by atoms with Crippen molar-refractivity contribution >= 4 is 29.2 Å². The summed E-state index contributed by atoms with van der Waals surface area (Å²) in [5, 5.41) is 11.1. The molecule has 0 saturated carbocycles. The maximum absolute atomic E-state index is 12.0. The number of carbonyl (C=O) groups excluding carboxylic acids is 2. The van der Waals surface area contributed by atoms with Crippen LogP contribution in [-0.4, -0.2) is 41.4 Å². The van der Waals surface area contributed by atoms with Crippen LogP contribution in [0.1, 0.15) is 30.1 Å². The van der Waals surface area contributed by atoms with E-state index in [0.29, 0.717) is 19.0 Å². The maximum atomic E-state index is 12.0. The van der Waals surface area contributed by atoms with Gasteiger partial charge in [0.05, 0.1) is 4.92 Å². The number of amides is 1. The summed E-state index contributed by atoms with van der Waals surface area (Å²) in [7, 11) is 0. The van der Waals surface area contributed by atoms with Crippen molar-refractivity contribution in [2.45, 2.75) is 19.8 Å². The largest absolute Gasteiger partial charge is 0.452 e. The summed E-state index contributed by atoms with van der Waals surface area (Å²) in [6.45, 7) is 2.98. The second-order valence-electron chi connectivity index (χ2n) is 5.56. The number of esters is 1. The first kappa shape index (κ1) is 17.2. The van der Waals surface area contributed by atoms with E-state index in [1.165, 1.54) is 12.1 Å². The van der Waals surface area contributed by atoms with Gasteiger partial charge < -0.3 is 9.64 Å². The molecule has 0 unspecified atom stereocenters. The number of likely N-dealkylation sites (tertiary alicyclic amines) is 1. The van der Waals surface area contributed by atoms with Crippen LogP contribution in [0.2, 0.25) is 5.02 Å². The number of piperidine rings is 1. The molecule has 8 heteroatoms. The van der Waals surface area contributed by atoms with E-state index >= 15 is 0 Å². The molecule has 0 atom stereocenters. The highest BCUT2D eigenvalue weighted by molar-refractivity contribution is 6.31. The Labute approximate surface area is 138 Å². The minimum atomic E-state index is -0.910. The van der Waals surface area contributed by atoms with Gasteiger partial charge in [0.2, 0.25) is 0 Å². The number of rotatable bonds is 4. The highest BCUT2D eigenvalue weighted by atomic mass is 35.5.